The van der Waals surface area contributed by atoms with E-state index in [1.165, 1.54) is 12.3 Å². The highest BCUT2D eigenvalue weighted by atomic mass is 35.5. The first-order chi connectivity index (χ1) is 9.97. The van der Waals surface area contributed by atoms with Crippen LogP contribution in [-0.4, -0.2) is 41.0 Å². The Morgan fingerprint density at radius 3 is 2.48 bits per heavy atom. The van der Waals surface area contributed by atoms with Crippen molar-refractivity contribution in [1.29, 1.82) is 0 Å². The molecule has 1 atom stereocenters. The van der Waals surface area contributed by atoms with E-state index < -0.39 is 11.9 Å². The summed E-state index contributed by atoms with van der Waals surface area (Å²) < 4.78 is 18.7. The second-order valence-electron chi connectivity index (χ2n) is 5.75. The number of nitrogens with zero attached hydrogens (tertiary/aromatic N) is 2. The molecule has 0 aliphatic carbocycles. The van der Waals surface area contributed by atoms with Crippen molar-refractivity contribution < 1.29 is 13.9 Å². The molecule has 0 saturated carbocycles. The molecule has 1 aromatic rings. The van der Waals surface area contributed by atoms with Crippen LogP contribution in [0.15, 0.2) is 18.5 Å². The number of aromatic nitrogens is 1. The fourth-order valence-electron chi connectivity index (χ4n) is 2.34. The third-order valence-corrected chi connectivity index (χ3v) is 3.74. The lowest BCUT2D eigenvalue weighted by Crippen LogP contribution is -2.50. The summed E-state index contributed by atoms with van der Waals surface area (Å²) >= 11 is 0. The van der Waals surface area contributed by atoms with Gasteiger partial charge in [-0.3, -0.25) is 9.78 Å². The van der Waals surface area contributed by atoms with Crippen LogP contribution in [-0.2, 0) is 4.79 Å². The van der Waals surface area contributed by atoms with Gasteiger partial charge in [0.25, 0.3) is 0 Å². The van der Waals surface area contributed by atoms with Crippen LogP contribution in [0.3, 0.4) is 0 Å². The van der Waals surface area contributed by atoms with Gasteiger partial charge in [0.1, 0.15) is 17.7 Å². The van der Waals surface area contributed by atoms with Gasteiger partial charge in [-0.05, 0) is 5.92 Å². The van der Waals surface area contributed by atoms with E-state index in [2.05, 4.69) is 4.98 Å². The van der Waals surface area contributed by atoms with Crippen LogP contribution >= 0.6 is 24.8 Å². The molecule has 5 nitrogen and oxygen atoms in total. The van der Waals surface area contributed by atoms with Crippen LogP contribution in [0.2, 0.25) is 0 Å². The lowest BCUT2D eigenvalue weighted by molar-refractivity contribution is -0.135. The quantitative estimate of drug-likeness (QED) is 0.886. The van der Waals surface area contributed by atoms with Crippen molar-refractivity contribution in [3.8, 4) is 5.75 Å². The lowest BCUT2D eigenvalue weighted by Gasteiger charge is -2.34. The third-order valence-electron chi connectivity index (χ3n) is 3.74. The highest BCUT2D eigenvalue weighted by Gasteiger charge is 2.28. The van der Waals surface area contributed by atoms with Crippen LogP contribution < -0.4 is 10.5 Å². The molecule has 23 heavy (non-hydrogen) atoms. The van der Waals surface area contributed by atoms with Crippen molar-refractivity contribution in [3.63, 3.8) is 0 Å². The van der Waals surface area contributed by atoms with E-state index >= 15 is 0 Å². The number of rotatable bonds is 4. The summed E-state index contributed by atoms with van der Waals surface area (Å²) in [5.74, 6) is 0.141. The van der Waals surface area contributed by atoms with Gasteiger partial charge in [-0.15, -0.1) is 24.8 Å². The van der Waals surface area contributed by atoms with Gasteiger partial charge in [0, 0.05) is 32.0 Å². The molecule has 2 rings (SSSR count). The summed E-state index contributed by atoms with van der Waals surface area (Å²) in [7, 11) is 0. The minimum absolute atomic E-state index is 0. The first kappa shape index (κ1) is 21.9. The Kier molecular flexibility index (Phi) is 9.42. The van der Waals surface area contributed by atoms with Gasteiger partial charge in [0.2, 0.25) is 5.91 Å². The lowest BCUT2D eigenvalue weighted by atomic mass is 10.0. The Balaban J connectivity index is 0.00000242. The normalized spacial score (nSPS) is 16.3. The summed E-state index contributed by atoms with van der Waals surface area (Å²) in [6, 6.07) is 0.869. The fraction of sp³-hybridized carbons (Fsp3) is 0.600. The molecule has 132 valence electrons. The van der Waals surface area contributed by atoms with Crippen molar-refractivity contribution in [2.45, 2.75) is 38.8 Å². The van der Waals surface area contributed by atoms with Gasteiger partial charge < -0.3 is 15.4 Å². The van der Waals surface area contributed by atoms with E-state index in [1.54, 1.807) is 4.90 Å². The molecule has 1 aromatic heterocycles. The number of nitrogens with two attached hydrogens (primary N) is 1. The molecule has 1 aliphatic heterocycles. The third kappa shape index (κ3) is 6.12. The maximum atomic E-state index is 13.0. The molecule has 0 bridgehead atoms. The molecule has 2 heterocycles. The largest absolute Gasteiger partial charge is 0.489 e. The number of pyridine rings is 1. The van der Waals surface area contributed by atoms with Gasteiger partial charge in [-0.2, -0.15) is 0 Å². The number of amides is 1. The van der Waals surface area contributed by atoms with Gasteiger partial charge in [-0.25, -0.2) is 4.39 Å². The van der Waals surface area contributed by atoms with Crippen molar-refractivity contribution in [2.75, 3.05) is 13.1 Å². The summed E-state index contributed by atoms with van der Waals surface area (Å²) in [5, 5.41) is 0. The van der Waals surface area contributed by atoms with E-state index in [0.717, 1.165) is 6.20 Å². The van der Waals surface area contributed by atoms with Crippen LogP contribution in [0.5, 0.6) is 5.75 Å². The number of halogens is 3. The van der Waals surface area contributed by atoms with E-state index in [1.807, 2.05) is 13.8 Å². The molecule has 0 spiro atoms. The van der Waals surface area contributed by atoms with Gasteiger partial charge in [-0.1, -0.05) is 13.8 Å². The number of ether oxygens (including phenoxy) is 1. The summed E-state index contributed by atoms with van der Waals surface area (Å²) in [4.78, 5) is 17.7. The fourth-order valence-corrected chi connectivity index (χ4v) is 2.34. The maximum absolute atomic E-state index is 13.0. The SMILES string of the molecule is CC(C)[C@H](N)C(=O)N1CCC(Oc2cncc(F)c2)CC1.Cl.Cl. The van der Waals surface area contributed by atoms with E-state index in [-0.39, 0.29) is 42.7 Å². The predicted molar refractivity (Wildman–Crippen MR) is 91.7 cm³/mol. The molecule has 2 N–H and O–H groups in total. The smallest absolute Gasteiger partial charge is 0.239 e. The molecular weight excluding hydrogens is 344 g/mol. The molecule has 1 fully saturated rings. The van der Waals surface area contributed by atoms with Crippen molar-refractivity contribution in [1.82, 2.24) is 9.88 Å². The van der Waals surface area contributed by atoms with Crippen LogP contribution in [0.1, 0.15) is 26.7 Å². The van der Waals surface area contributed by atoms with E-state index in [4.69, 9.17) is 10.5 Å². The zero-order valence-corrected chi connectivity index (χ0v) is 14.9. The Hall–Kier alpha value is -1.11. The number of hydrogen-bond donors (Lipinski definition) is 1. The first-order valence-corrected chi connectivity index (χ1v) is 7.29. The molecule has 8 heteroatoms. The maximum Gasteiger partial charge on any atom is 0.239 e. The molecule has 0 aromatic carbocycles. The molecule has 0 unspecified atom stereocenters. The first-order valence-electron chi connectivity index (χ1n) is 7.29. The molecular formula is C15H24Cl2FN3O2. The second kappa shape index (κ2) is 9.90. The number of carbonyl (C=O) groups is 1. The summed E-state index contributed by atoms with van der Waals surface area (Å²) in [6.45, 7) is 5.12. The highest BCUT2D eigenvalue weighted by molar-refractivity contribution is 5.85. The monoisotopic (exact) mass is 367 g/mol. The van der Waals surface area contributed by atoms with E-state index in [0.29, 0.717) is 31.7 Å². The number of piperidine rings is 1. The average Bonchev–Trinajstić information content (AvgIpc) is 2.46. The number of hydrogen-bond acceptors (Lipinski definition) is 4. The van der Waals surface area contributed by atoms with Crippen molar-refractivity contribution >= 4 is 30.7 Å². The van der Waals surface area contributed by atoms with Crippen LogP contribution in [0.4, 0.5) is 4.39 Å². The van der Waals surface area contributed by atoms with Gasteiger partial charge in [0.05, 0.1) is 18.4 Å². The Bertz CT molecular complexity index is 497. The zero-order valence-electron chi connectivity index (χ0n) is 13.3. The van der Waals surface area contributed by atoms with Crippen molar-refractivity contribution in [3.05, 3.63) is 24.3 Å². The van der Waals surface area contributed by atoms with Gasteiger partial charge in [0.15, 0.2) is 0 Å². The second-order valence-corrected chi connectivity index (χ2v) is 5.75. The number of likely N-dealkylation sites (tertiary alicyclic amines) is 1. The average molecular weight is 368 g/mol. The van der Waals surface area contributed by atoms with Crippen LogP contribution in [0, 0.1) is 11.7 Å². The Morgan fingerprint density at radius 2 is 1.96 bits per heavy atom. The minimum atomic E-state index is -0.449. The predicted octanol–water partition coefficient (Wildman–Crippen LogP) is 2.42. The topological polar surface area (TPSA) is 68.5 Å². The zero-order chi connectivity index (χ0) is 15.4. The highest BCUT2D eigenvalue weighted by Crippen LogP contribution is 2.19. The molecule has 1 amide bonds. The molecule has 1 saturated heterocycles. The van der Waals surface area contributed by atoms with E-state index in [9.17, 15) is 9.18 Å². The molecule has 1 aliphatic rings. The summed E-state index contributed by atoms with van der Waals surface area (Å²) in [6.07, 6.45) is 4.05. The van der Waals surface area contributed by atoms with Crippen LogP contribution in [0.25, 0.3) is 0 Å². The standard InChI is InChI=1S/C15H22FN3O2.2ClH/c1-10(2)14(17)15(20)19-5-3-12(4-6-19)21-13-7-11(16)8-18-9-13;;/h7-10,12,14H,3-6,17H2,1-2H3;2*1H/t14-;;/m0../s1. The van der Waals surface area contributed by atoms with Gasteiger partial charge >= 0.3 is 0 Å². The Morgan fingerprint density at radius 1 is 1.35 bits per heavy atom. The molecule has 0 radical (unpaired) electrons. The minimum Gasteiger partial charge on any atom is -0.489 e. The Labute approximate surface area is 148 Å². The van der Waals surface area contributed by atoms with Crippen molar-refractivity contribution in [2.24, 2.45) is 11.7 Å². The summed E-state index contributed by atoms with van der Waals surface area (Å²) in [5.41, 5.74) is 5.89. The number of carbonyl (C=O) groups excluding carboxylic acids is 1.